The Morgan fingerprint density at radius 1 is 0.478 bits per heavy atom. The second kappa shape index (κ2) is 22.4. The maximum absolute atomic E-state index is 6.80. The van der Waals surface area contributed by atoms with Gasteiger partial charge in [0, 0.05) is 13.2 Å². The van der Waals surface area contributed by atoms with Crippen molar-refractivity contribution in [3.8, 4) is 0 Å². The Morgan fingerprint density at radius 2 is 0.761 bits per heavy atom. The zero-order valence-electron chi connectivity index (χ0n) is 32.7. The number of nitrogens with zero attached hydrogens (tertiary/aromatic N) is 2. The highest BCUT2D eigenvalue weighted by Gasteiger charge is 2.35. The van der Waals surface area contributed by atoms with Crippen LogP contribution >= 0.6 is 0 Å². The van der Waals surface area contributed by atoms with E-state index in [9.17, 15) is 0 Å². The fraction of sp³-hybridized carbons (Fsp3) is 0.950. The summed E-state index contributed by atoms with van der Waals surface area (Å²) in [6, 6.07) is 8.25. The summed E-state index contributed by atoms with van der Waals surface area (Å²) < 4.78 is 13.6. The van der Waals surface area contributed by atoms with Crippen LogP contribution in [0.3, 0.4) is 0 Å². The molecule has 2 fully saturated rings. The van der Waals surface area contributed by atoms with Gasteiger partial charge in [-0.3, -0.25) is 9.98 Å². The van der Waals surface area contributed by atoms with Crippen molar-refractivity contribution in [2.75, 3.05) is 13.2 Å². The van der Waals surface area contributed by atoms with Crippen molar-refractivity contribution < 1.29 is 8.85 Å². The van der Waals surface area contributed by atoms with E-state index in [2.05, 4.69) is 69.2 Å². The van der Waals surface area contributed by atoms with E-state index in [0.717, 1.165) is 38.9 Å². The molecule has 4 atom stereocenters. The molecule has 2 saturated carbocycles. The second-order valence-corrected chi connectivity index (χ2v) is 24.6. The molecule has 2 aliphatic carbocycles. The van der Waals surface area contributed by atoms with Crippen LogP contribution in [0.25, 0.3) is 0 Å². The third-order valence-electron chi connectivity index (χ3n) is 13.1. The van der Waals surface area contributed by atoms with Crippen molar-refractivity contribution in [2.45, 2.75) is 207 Å². The van der Waals surface area contributed by atoms with Gasteiger partial charge in [-0.15, -0.1) is 0 Å². The summed E-state index contributed by atoms with van der Waals surface area (Å²) in [7, 11) is -3.19. The summed E-state index contributed by atoms with van der Waals surface area (Å²) in [4.78, 5) is 11.8. The Balaban J connectivity index is 2.51. The molecule has 0 saturated heterocycles. The van der Waals surface area contributed by atoms with Gasteiger partial charge in [0.05, 0.1) is 23.5 Å². The Bertz CT molecular complexity index is 759. The van der Waals surface area contributed by atoms with E-state index in [1.165, 1.54) is 112 Å². The Labute approximate surface area is 290 Å². The molecule has 0 heterocycles. The van der Waals surface area contributed by atoms with Crippen molar-refractivity contribution in [3.63, 3.8) is 0 Å². The van der Waals surface area contributed by atoms with Crippen molar-refractivity contribution in [2.24, 2.45) is 33.7 Å². The zero-order chi connectivity index (χ0) is 34.0. The first-order valence-corrected chi connectivity index (χ1v) is 25.8. The molecule has 4 nitrogen and oxygen atoms in total. The fourth-order valence-electron chi connectivity index (χ4n) is 9.04. The summed E-state index contributed by atoms with van der Waals surface area (Å²) in [5.74, 6) is 2.84. The van der Waals surface area contributed by atoms with Gasteiger partial charge in [0.25, 0.3) is 0 Å². The molecule has 6 heteroatoms. The molecule has 0 amide bonds. The zero-order valence-corrected chi connectivity index (χ0v) is 34.7. The molecule has 0 aromatic rings. The van der Waals surface area contributed by atoms with Crippen molar-refractivity contribution in [3.05, 3.63) is 0 Å². The molecule has 0 aromatic heterocycles. The molecule has 0 aliphatic heterocycles. The second-order valence-electron chi connectivity index (χ2n) is 15.1. The van der Waals surface area contributed by atoms with Gasteiger partial charge in [-0.1, -0.05) is 108 Å². The molecule has 2 aliphatic rings. The van der Waals surface area contributed by atoms with Crippen LogP contribution in [0.5, 0.6) is 0 Å². The quantitative estimate of drug-likeness (QED) is 0.0614. The highest BCUT2D eigenvalue weighted by Crippen LogP contribution is 2.38. The lowest BCUT2D eigenvalue weighted by Crippen LogP contribution is -2.37. The molecule has 0 aromatic carbocycles. The molecule has 0 bridgehead atoms. The van der Waals surface area contributed by atoms with Gasteiger partial charge in [-0.2, -0.15) is 0 Å². The third kappa shape index (κ3) is 11.9. The van der Waals surface area contributed by atoms with Crippen LogP contribution in [0.4, 0.5) is 0 Å². The average molecular weight is 677 g/mol. The van der Waals surface area contributed by atoms with Crippen molar-refractivity contribution >= 4 is 28.1 Å². The summed E-state index contributed by atoms with van der Waals surface area (Å²) in [5.41, 5.74) is 2.70. The van der Waals surface area contributed by atoms with Crippen LogP contribution in [0.2, 0.25) is 36.3 Å². The Kier molecular flexibility index (Phi) is 20.4. The number of hydrogen-bond donors (Lipinski definition) is 0. The van der Waals surface area contributed by atoms with Crippen LogP contribution in [0.15, 0.2) is 9.98 Å². The first kappa shape index (κ1) is 41.9. The first-order chi connectivity index (χ1) is 22.3. The van der Waals surface area contributed by atoms with Gasteiger partial charge in [0.1, 0.15) is 0 Å². The predicted octanol–water partition coefficient (Wildman–Crippen LogP) is 12.7. The largest absolute Gasteiger partial charge is 0.417 e. The first-order valence-electron chi connectivity index (χ1n) is 20.7. The predicted molar refractivity (Wildman–Crippen MR) is 210 cm³/mol. The van der Waals surface area contributed by atoms with Gasteiger partial charge in [-0.25, -0.2) is 0 Å². The molecule has 46 heavy (non-hydrogen) atoms. The molecule has 270 valence electrons. The van der Waals surface area contributed by atoms with Crippen LogP contribution < -0.4 is 0 Å². The number of hydrogen-bond acceptors (Lipinski definition) is 4. The summed E-state index contributed by atoms with van der Waals surface area (Å²) in [6.07, 6.45) is 17.3. The minimum Gasteiger partial charge on any atom is -0.417 e. The lowest BCUT2D eigenvalue weighted by molar-refractivity contribution is 0.211. The molecule has 0 N–H and O–H groups in total. The molecule has 0 spiro atoms. The van der Waals surface area contributed by atoms with E-state index in [4.69, 9.17) is 18.8 Å². The van der Waals surface area contributed by atoms with Gasteiger partial charge in [0.15, 0.2) is 16.6 Å². The average Bonchev–Trinajstić information content (AvgIpc) is 3.11. The lowest BCUT2D eigenvalue weighted by atomic mass is 9.74. The van der Waals surface area contributed by atoms with Crippen molar-refractivity contribution in [1.82, 2.24) is 0 Å². The topological polar surface area (TPSA) is 43.2 Å². The van der Waals surface area contributed by atoms with Gasteiger partial charge < -0.3 is 8.85 Å². The summed E-state index contributed by atoms with van der Waals surface area (Å²) in [5, 5.41) is 0. The smallest absolute Gasteiger partial charge is 0.191 e. The third-order valence-corrected chi connectivity index (χ3v) is 22.4. The minimum absolute atomic E-state index is 0.451. The van der Waals surface area contributed by atoms with Gasteiger partial charge in [0.2, 0.25) is 0 Å². The van der Waals surface area contributed by atoms with Crippen LogP contribution in [-0.4, -0.2) is 53.4 Å². The maximum atomic E-state index is 6.80. The number of aliphatic imine (C=N–C) groups is 2. The van der Waals surface area contributed by atoms with E-state index in [1.807, 2.05) is 0 Å². The normalized spacial score (nSPS) is 26.9. The number of rotatable bonds is 23. The van der Waals surface area contributed by atoms with Crippen LogP contribution in [0.1, 0.15) is 159 Å². The van der Waals surface area contributed by atoms with Gasteiger partial charge >= 0.3 is 0 Å². The van der Waals surface area contributed by atoms with Crippen LogP contribution in [-0.2, 0) is 8.85 Å². The van der Waals surface area contributed by atoms with Crippen molar-refractivity contribution in [1.29, 1.82) is 0 Å². The SMILES string of the molecule is CCC1CCCC(CC)C1N=C(CCCO[Si](CC)(CC)CC)C(CCCO[Si](CC)(CC)CC)=NC1C(CC)CCCC1CC. The summed E-state index contributed by atoms with van der Waals surface area (Å²) in [6.45, 7) is 25.5. The summed E-state index contributed by atoms with van der Waals surface area (Å²) >= 11 is 0. The lowest BCUT2D eigenvalue weighted by Gasteiger charge is -2.37. The Morgan fingerprint density at radius 3 is 1.00 bits per heavy atom. The molecule has 2 rings (SSSR count). The molecule has 0 radical (unpaired) electrons. The van der Waals surface area contributed by atoms with E-state index < -0.39 is 16.6 Å². The van der Waals surface area contributed by atoms with E-state index in [-0.39, 0.29) is 0 Å². The van der Waals surface area contributed by atoms with Gasteiger partial charge in [-0.05, 0) is 111 Å². The maximum Gasteiger partial charge on any atom is 0.191 e. The van der Waals surface area contributed by atoms with E-state index in [1.54, 1.807) is 0 Å². The van der Waals surface area contributed by atoms with E-state index in [0.29, 0.717) is 35.8 Å². The molecular weight excluding hydrogens is 597 g/mol. The highest BCUT2D eigenvalue weighted by atomic mass is 28.4. The molecular formula is C40H80N2O2Si2. The standard InChI is InChI=1S/C40H80N2O2Si2/c1-11-33-25-21-26-34(12-2)39(33)41-37(29-23-31-43-45(15-5,16-6)17-7)38(30-24-32-44-46(18-8,19-9)20-10)42-40-35(13-3)27-22-28-36(40)14-4/h33-36,39-40H,11-32H2,1-10H3. The molecule has 4 unspecified atom stereocenters. The monoisotopic (exact) mass is 677 g/mol. The van der Waals surface area contributed by atoms with Crippen LogP contribution in [0, 0.1) is 23.7 Å². The Hall–Kier alpha value is -0.306. The highest BCUT2D eigenvalue weighted by molar-refractivity contribution is 6.74. The fourth-order valence-corrected chi connectivity index (χ4v) is 14.4. The minimum atomic E-state index is -1.59. The van der Waals surface area contributed by atoms with E-state index >= 15 is 0 Å².